The minimum absolute atomic E-state index is 0.119. The monoisotopic (exact) mass is 288 g/mol. The van der Waals surface area contributed by atoms with E-state index in [0.717, 1.165) is 0 Å². The summed E-state index contributed by atoms with van der Waals surface area (Å²) in [6.45, 7) is 0.597. The lowest BCUT2D eigenvalue weighted by atomic mass is 10.1. The number of ether oxygens (including phenoxy) is 1. The number of amides is 2. The predicted octanol–water partition coefficient (Wildman–Crippen LogP) is 1.25. The Balaban J connectivity index is 2.14. The lowest BCUT2D eigenvalue weighted by Gasteiger charge is -2.09. The average Bonchev–Trinajstić information content (AvgIpc) is 2.48. The van der Waals surface area contributed by atoms with E-state index in [4.69, 9.17) is 4.74 Å². The van der Waals surface area contributed by atoms with Gasteiger partial charge in [-0.05, 0) is 12.1 Å². The number of carbonyl (C=O) groups is 2. The van der Waals surface area contributed by atoms with Crippen molar-refractivity contribution < 1.29 is 19.4 Å². The van der Waals surface area contributed by atoms with Crippen LogP contribution < -0.4 is 10.6 Å². The summed E-state index contributed by atoms with van der Waals surface area (Å²) in [5.74, 6) is -1.38. The van der Waals surface area contributed by atoms with Crippen molar-refractivity contribution in [3.63, 3.8) is 0 Å². The van der Waals surface area contributed by atoms with Crippen LogP contribution in [-0.2, 0) is 14.3 Å². The van der Waals surface area contributed by atoms with Crippen molar-refractivity contribution in [1.82, 2.24) is 5.32 Å². The molecule has 0 fully saturated rings. The van der Waals surface area contributed by atoms with Gasteiger partial charge in [-0.3, -0.25) is 9.59 Å². The number of benzene rings is 2. The Bertz CT molecular complexity index is 670. The van der Waals surface area contributed by atoms with Gasteiger partial charge in [0, 0.05) is 30.1 Å². The Morgan fingerprint density at radius 2 is 1.81 bits per heavy atom. The van der Waals surface area contributed by atoms with Gasteiger partial charge in [0.15, 0.2) is 0 Å². The lowest BCUT2D eigenvalue weighted by molar-refractivity contribution is -0.136. The number of hydrogen-bond donors (Lipinski definition) is 3. The number of nitrogens with one attached hydrogen (secondary N) is 2. The highest BCUT2D eigenvalue weighted by Crippen LogP contribution is 2.29. The molecular weight excluding hydrogens is 272 g/mol. The summed E-state index contributed by atoms with van der Waals surface area (Å²) >= 11 is 0. The van der Waals surface area contributed by atoms with Gasteiger partial charge < -0.3 is 20.5 Å². The SMILES string of the molecule is COCCNC(=O)C(=O)Nc1cccc2c(O)cccc12. The van der Waals surface area contributed by atoms with Gasteiger partial charge in [-0.2, -0.15) is 0 Å². The zero-order valence-electron chi connectivity index (χ0n) is 11.6. The maximum Gasteiger partial charge on any atom is 0.313 e. The predicted molar refractivity (Wildman–Crippen MR) is 79.1 cm³/mol. The summed E-state index contributed by atoms with van der Waals surface area (Å²) in [7, 11) is 1.51. The van der Waals surface area contributed by atoms with E-state index in [1.54, 1.807) is 36.4 Å². The summed E-state index contributed by atoms with van der Waals surface area (Å²) in [5.41, 5.74) is 0.468. The second-order valence-corrected chi connectivity index (χ2v) is 4.38. The molecule has 0 spiro atoms. The second kappa shape index (κ2) is 6.71. The fourth-order valence-corrected chi connectivity index (χ4v) is 1.93. The molecule has 0 aliphatic rings. The Morgan fingerprint density at radius 1 is 1.10 bits per heavy atom. The van der Waals surface area contributed by atoms with E-state index < -0.39 is 11.8 Å². The first-order valence-corrected chi connectivity index (χ1v) is 6.42. The Hall–Kier alpha value is -2.60. The number of phenols is 1. The van der Waals surface area contributed by atoms with Crippen LogP contribution in [0.25, 0.3) is 10.8 Å². The zero-order chi connectivity index (χ0) is 15.2. The van der Waals surface area contributed by atoms with Crippen LogP contribution in [0.5, 0.6) is 5.75 Å². The maximum absolute atomic E-state index is 11.8. The van der Waals surface area contributed by atoms with Gasteiger partial charge in [0.25, 0.3) is 0 Å². The Kier molecular flexibility index (Phi) is 4.73. The summed E-state index contributed by atoms with van der Waals surface area (Å²) in [4.78, 5) is 23.4. The Labute approximate surface area is 121 Å². The molecule has 0 aromatic heterocycles. The molecule has 2 aromatic rings. The van der Waals surface area contributed by atoms with E-state index in [1.807, 2.05) is 0 Å². The number of carbonyl (C=O) groups excluding carboxylic acids is 2. The molecule has 0 unspecified atom stereocenters. The highest BCUT2D eigenvalue weighted by atomic mass is 16.5. The molecule has 6 nitrogen and oxygen atoms in total. The highest BCUT2D eigenvalue weighted by Gasteiger charge is 2.14. The van der Waals surface area contributed by atoms with Crippen molar-refractivity contribution >= 4 is 28.3 Å². The molecular formula is C15H16N2O4. The van der Waals surface area contributed by atoms with Crippen molar-refractivity contribution in [1.29, 1.82) is 0 Å². The van der Waals surface area contributed by atoms with E-state index in [-0.39, 0.29) is 12.3 Å². The number of hydrogen-bond acceptors (Lipinski definition) is 4. The zero-order valence-corrected chi connectivity index (χ0v) is 11.6. The molecule has 0 atom stereocenters. The van der Waals surface area contributed by atoms with E-state index in [0.29, 0.717) is 23.1 Å². The number of phenolic OH excluding ortho intramolecular Hbond substituents is 1. The molecule has 6 heteroatoms. The summed E-state index contributed by atoms with van der Waals surface area (Å²) < 4.78 is 4.79. The molecule has 0 saturated carbocycles. The highest BCUT2D eigenvalue weighted by molar-refractivity contribution is 6.40. The number of aromatic hydroxyl groups is 1. The van der Waals surface area contributed by atoms with Gasteiger partial charge in [0.1, 0.15) is 5.75 Å². The van der Waals surface area contributed by atoms with Gasteiger partial charge in [-0.15, -0.1) is 0 Å². The molecule has 0 heterocycles. The normalized spacial score (nSPS) is 10.3. The molecule has 2 amide bonds. The van der Waals surface area contributed by atoms with Crippen LogP contribution in [0.2, 0.25) is 0 Å². The first-order chi connectivity index (χ1) is 10.1. The van der Waals surface area contributed by atoms with Gasteiger partial charge >= 0.3 is 11.8 Å². The minimum atomic E-state index is -0.762. The smallest absolute Gasteiger partial charge is 0.313 e. The fourth-order valence-electron chi connectivity index (χ4n) is 1.93. The maximum atomic E-state index is 11.8. The van der Waals surface area contributed by atoms with Crippen molar-refractivity contribution in [2.24, 2.45) is 0 Å². The number of methoxy groups -OCH3 is 1. The largest absolute Gasteiger partial charge is 0.507 e. The van der Waals surface area contributed by atoms with Gasteiger partial charge in [0.05, 0.1) is 6.61 Å². The second-order valence-electron chi connectivity index (χ2n) is 4.38. The van der Waals surface area contributed by atoms with Crippen molar-refractivity contribution in [3.05, 3.63) is 36.4 Å². The van der Waals surface area contributed by atoms with E-state index in [2.05, 4.69) is 10.6 Å². The van der Waals surface area contributed by atoms with Crippen LogP contribution in [0, 0.1) is 0 Å². The molecule has 3 N–H and O–H groups in total. The molecule has 2 rings (SSSR count). The van der Waals surface area contributed by atoms with E-state index in [9.17, 15) is 14.7 Å². The molecule has 0 radical (unpaired) electrons. The third-order valence-corrected chi connectivity index (χ3v) is 2.95. The van der Waals surface area contributed by atoms with Gasteiger partial charge in [-0.1, -0.05) is 24.3 Å². The summed E-state index contributed by atoms with van der Waals surface area (Å²) in [6.07, 6.45) is 0. The summed E-state index contributed by atoms with van der Waals surface area (Å²) in [6, 6.07) is 10.1. The van der Waals surface area contributed by atoms with Gasteiger partial charge in [-0.25, -0.2) is 0 Å². The van der Waals surface area contributed by atoms with Crippen molar-refractivity contribution in [2.75, 3.05) is 25.6 Å². The standard InChI is InChI=1S/C15H16N2O4/c1-21-9-8-16-14(19)15(20)17-12-6-2-5-11-10(12)4-3-7-13(11)18/h2-7,18H,8-9H2,1H3,(H,16,19)(H,17,20). The molecule has 0 saturated heterocycles. The van der Waals surface area contributed by atoms with Crippen LogP contribution in [-0.4, -0.2) is 37.2 Å². The number of rotatable bonds is 4. The summed E-state index contributed by atoms with van der Waals surface area (Å²) in [5, 5.41) is 16.0. The van der Waals surface area contributed by atoms with Crippen LogP contribution >= 0.6 is 0 Å². The average molecular weight is 288 g/mol. The molecule has 0 aliphatic heterocycles. The van der Waals surface area contributed by atoms with Crippen LogP contribution in [0.3, 0.4) is 0 Å². The third kappa shape index (κ3) is 3.49. The first kappa shape index (κ1) is 14.8. The van der Waals surface area contributed by atoms with Crippen molar-refractivity contribution in [2.45, 2.75) is 0 Å². The lowest BCUT2D eigenvalue weighted by Crippen LogP contribution is -2.37. The van der Waals surface area contributed by atoms with E-state index in [1.165, 1.54) is 7.11 Å². The molecule has 21 heavy (non-hydrogen) atoms. The molecule has 110 valence electrons. The van der Waals surface area contributed by atoms with Crippen LogP contribution in [0.4, 0.5) is 5.69 Å². The third-order valence-electron chi connectivity index (χ3n) is 2.95. The Morgan fingerprint density at radius 3 is 2.57 bits per heavy atom. The first-order valence-electron chi connectivity index (χ1n) is 6.42. The quantitative estimate of drug-likeness (QED) is 0.583. The molecule has 2 aromatic carbocycles. The van der Waals surface area contributed by atoms with Crippen molar-refractivity contribution in [3.8, 4) is 5.75 Å². The van der Waals surface area contributed by atoms with Crippen LogP contribution in [0.1, 0.15) is 0 Å². The number of fused-ring (bicyclic) bond motifs is 1. The minimum Gasteiger partial charge on any atom is -0.507 e. The topological polar surface area (TPSA) is 87.7 Å². The van der Waals surface area contributed by atoms with Gasteiger partial charge in [0.2, 0.25) is 0 Å². The van der Waals surface area contributed by atoms with E-state index >= 15 is 0 Å². The number of anilines is 1. The molecule has 0 bridgehead atoms. The molecule has 0 aliphatic carbocycles. The fraction of sp³-hybridized carbons (Fsp3) is 0.200. The van der Waals surface area contributed by atoms with Crippen LogP contribution in [0.15, 0.2) is 36.4 Å².